The van der Waals surface area contributed by atoms with Crippen LogP contribution < -0.4 is 5.32 Å². The van der Waals surface area contributed by atoms with Crippen LogP contribution in [0, 0.1) is 23.7 Å². The van der Waals surface area contributed by atoms with Crippen molar-refractivity contribution >= 4 is 5.91 Å². The highest BCUT2D eigenvalue weighted by Crippen LogP contribution is 2.48. The highest BCUT2D eigenvalue weighted by molar-refractivity contribution is 5.79. The third-order valence-corrected chi connectivity index (χ3v) is 5.46. The Morgan fingerprint density at radius 1 is 1.06 bits per heavy atom. The van der Waals surface area contributed by atoms with Gasteiger partial charge in [-0.25, -0.2) is 0 Å². The highest BCUT2D eigenvalue weighted by atomic mass is 16.3. The summed E-state index contributed by atoms with van der Waals surface area (Å²) in [5.74, 6) is 2.75. The first-order chi connectivity index (χ1) is 8.72. The lowest BCUT2D eigenvalue weighted by Gasteiger charge is -2.27. The molecule has 0 spiro atoms. The normalized spacial score (nSPS) is 43.1. The first-order valence-electron chi connectivity index (χ1n) is 7.68. The Hall–Kier alpha value is -0.570. The van der Waals surface area contributed by atoms with Crippen LogP contribution in [0.25, 0.3) is 0 Å². The Kier molecular flexibility index (Phi) is 3.60. The van der Waals surface area contributed by atoms with Crippen molar-refractivity contribution in [3.05, 3.63) is 0 Å². The predicted octanol–water partition coefficient (Wildman–Crippen LogP) is 2.09. The number of aliphatic hydroxyl groups is 1. The van der Waals surface area contributed by atoms with Crippen LogP contribution in [0.3, 0.4) is 0 Å². The number of hydrogen-bond acceptors (Lipinski definition) is 2. The molecule has 3 rings (SSSR count). The van der Waals surface area contributed by atoms with Gasteiger partial charge < -0.3 is 10.4 Å². The third kappa shape index (κ3) is 2.56. The number of amides is 1. The Morgan fingerprint density at radius 2 is 1.83 bits per heavy atom. The third-order valence-electron chi connectivity index (χ3n) is 5.46. The quantitative estimate of drug-likeness (QED) is 0.807. The summed E-state index contributed by atoms with van der Waals surface area (Å²) in [6.07, 6.45) is 8.93. The number of nitrogens with one attached hydrogen (secondary N) is 1. The van der Waals surface area contributed by atoms with E-state index in [1.54, 1.807) is 0 Å². The van der Waals surface area contributed by atoms with Crippen molar-refractivity contribution in [2.24, 2.45) is 23.7 Å². The van der Waals surface area contributed by atoms with E-state index in [1.807, 2.05) is 0 Å². The predicted molar refractivity (Wildman–Crippen MR) is 69.9 cm³/mol. The maximum absolute atomic E-state index is 12.2. The monoisotopic (exact) mass is 251 g/mol. The lowest BCUT2D eigenvalue weighted by atomic mass is 9.86. The van der Waals surface area contributed by atoms with E-state index in [2.05, 4.69) is 5.32 Å². The SMILES string of the molecule is O=C(NCC1CCC(O)CC1)C1CC2CCC1C2. The van der Waals surface area contributed by atoms with Gasteiger partial charge in [0.05, 0.1) is 6.10 Å². The van der Waals surface area contributed by atoms with Crippen LogP contribution in [0.2, 0.25) is 0 Å². The molecule has 0 aromatic heterocycles. The standard InChI is InChI=1S/C15H25NO2/c17-13-5-2-10(3-6-13)9-16-15(18)14-8-11-1-4-12(14)7-11/h10-14,17H,1-9H2,(H,16,18). The first kappa shape index (κ1) is 12.5. The zero-order chi connectivity index (χ0) is 12.5. The molecule has 0 aromatic rings. The Morgan fingerprint density at radius 3 is 2.44 bits per heavy atom. The van der Waals surface area contributed by atoms with E-state index in [-0.39, 0.29) is 6.10 Å². The zero-order valence-electron chi connectivity index (χ0n) is 11.1. The summed E-state index contributed by atoms with van der Waals surface area (Å²) in [7, 11) is 0. The second kappa shape index (κ2) is 5.20. The molecular weight excluding hydrogens is 226 g/mol. The van der Waals surface area contributed by atoms with Gasteiger partial charge in [-0.1, -0.05) is 6.42 Å². The van der Waals surface area contributed by atoms with Crippen LogP contribution >= 0.6 is 0 Å². The summed E-state index contributed by atoms with van der Waals surface area (Å²) < 4.78 is 0. The van der Waals surface area contributed by atoms with Gasteiger partial charge in [-0.3, -0.25) is 4.79 Å². The van der Waals surface area contributed by atoms with E-state index in [1.165, 1.54) is 19.3 Å². The van der Waals surface area contributed by atoms with Crippen LogP contribution in [0.4, 0.5) is 0 Å². The minimum Gasteiger partial charge on any atom is -0.393 e. The molecule has 3 fully saturated rings. The molecule has 3 atom stereocenters. The van der Waals surface area contributed by atoms with E-state index in [4.69, 9.17) is 0 Å². The van der Waals surface area contributed by atoms with Gasteiger partial charge in [0.1, 0.15) is 0 Å². The largest absolute Gasteiger partial charge is 0.393 e. The summed E-state index contributed by atoms with van der Waals surface area (Å²) >= 11 is 0. The summed E-state index contributed by atoms with van der Waals surface area (Å²) in [5.41, 5.74) is 0. The van der Waals surface area contributed by atoms with Crippen LogP contribution in [-0.4, -0.2) is 23.7 Å². The number of rotatable bonds is 3. The second-order valence-corrected chi connectivity index (χ2v) is 6.70. The number of carbonyl (C=O) groups excluding carboxylic acids is 1. The molecule has 0 heterocycles. The van der Waals surface area contributed by atoms with Crippen molar-refractivity contribution in [1.29, 1.82) is 0 Å². The first-order valence-corrected chi connectivity index (χ1v) is 7.68. The van der Waals surface area contributed by atoms with Gasteiger partial charge in [-0.2, -0.15) is 0 Å². The topological polar surface area (TPSA) is 49.3 Å². The Bertz CT molecular complexity index is 310. The van der Waals surface area contributed by atoms with Gasteiger partial charge in [0.15, 0.2) is 0 Å². The molecule has 3 saturated carbocycles. The second-order valence-electron chi connectivity index (χ2n) is 6.70. The van der Waals surface area contributed by atoms with Crippen molar-refractivity contribution in [1.82, 2.24) is 5.32 Å². The van der Waals surface area contributed by atoms with Crippen molar-refractivity contribution in [3.8, 4) is 0 Å². The van der Waals surface area contributed by atoms with Gasteiger partial charge in [0, 0.05) is 12.5 Å². The maximum atomic E-state index is 12.2. The minimum atomic E-state index is -0.0949. The van der Waals surface area contributed by atoms with Crippen LogP contribution in [-0.2, 0) is 4.79 Å². The molecule has 2 N–H and O–H groups in total. The molecule has 3 nitrogen and oxygen atoms in total. The molecule has 0 aromatic carbocycles. The number of fused-ring (bicyclic) bond motifs is 2. The van der Waals surface area contributed by atoms with E-state index in [0.29, 0.717) is 23.7 Å². The fourth-order valence-electron chi connectivity index (χ4n) is 4.29. The molecule has 0 saturated heterocycles. The molecule has 18 heavy (non-hydrogen) atoms. The highest BCUT2D eigenvalue weighted by Gasteiger charge is 2.42. The summed E-state index contributed by atoms with van der Waals surface area (Å²) in [5, 5.41) is 12.6. The van der Waals surface area contributed by atoms with E-state index in [9.17, 15) is 9.90 Å². The number of carbonyl (C=O) groups is 1. The van der Waals surface area contributed by atoms with Crippen molar-refractivity contribution in [3.63, 3.8) is 0 Å². The van der Waals surface area contributed by atoms with Crippen LogP contribution in [0.5, 0.6) is 0 Å². The zero-order valence-corrected chi connectivity index (χ0v) is 11.1. The summed E-state index contributed by atoms with van der Waals surface area (Å²) in [6, 6.07) is 0. The Balaban J connectivity index is 1.42. The molecule has 3 heteroatoms. The molecule has 3 aliphatic carbocycles. The van der Waals surface area contributed by atoms with Gasteiger partial charge >= 0.3 is 0 Å². The van der Waals surface area contributed by atoms with Gasteiger partial charge in [0.2, 0.25) is 5.91 Å². The molecule has 3 aliphatic rings. The molecule has 102 valence electrons. The Labute approximate surface area is 109 Å². The molecular formula is C15H25NO2. The summed E-state index contributed by atoms with van der Waals surface area (Å²) in [4.78, 5) is 12.2. The van der Waals surface area contributed by atoms with Gasteiger partial charge in [-0.15, -0.1) is 0 Å². The minimum absolute atomic E-state index is 0.0949. The fraction of sp³-hybridized carbons (Fsp3) is 0.933. The van der Waals surface area contributed by atoms with Crippen LogP contribution in [0.1, 0.15) is 51.4 Å². The fourth-order valence-corrected chi connectivity index (χ4v) is 4.29. The van der Waals surface area contributed by atoms with Crippen molar-refractivity contribution < 1.29 is 9.90 Å². The molecule has 2 bridgehead atoms. The van der Waals surface area contributed by atoms with E-state index < -0.39 is 0 Å². The van der Waals surface area contributed by atoms with Gasteiger partial charge in [-0.05, 0) is 62.7 Å². The summed E-state index contributed by atoms with van der Waals surface area (Å²) in [6.45, 7) is 0.833. The van der Waals surface area contributed by atoms with E-state index in [0.717, 1.165) is 44.6 Å². The number of hydrogen-bond donors (Lipinski definition) is 2. The maximum Gasteiger partial charge on any atom is 0.223 e. The number of aliphatic hydroxyl groups excluding tert-OH is 1. The van der Waals surface area contributed by atoms with Gasteiger partial charge in [0.25, 0.3) is 0 Å². The smallest absolute Gasteiger partial charge is 0.223 e. The van der Waals surface area contributed by atoms with E-state index >= 15 is 0 Å². The van der Waals surface area contributed by atoms with Crippen molar-refractivity contribution in [2.75, 3.05) is 6.54 Å². The average Bonchev–Trinajstić information content (AvgIpc) is 3.00. The molecule has 0 radical (unpaired) electrons. The molecule has 1 amide bonds. The lowest BCUT2D eigenvalue weighted by Crippen LogP contribution is -2.37. The van der Waals surface area contributed by atoms with Crippen molar-refractivity contribution in [2.45, 2.75) is 57.5 Å². The lowest BCUT2D eigenvalue weighted by molar-refractivity contribution is -0.126. The molecule has 3 unspecified atom stereocenters. The average molecular weight is 251 g/mol. The molecule has 0 aliphatic heterocycles. The van der Waals surface area contributed by atoms with Crippen LogP contribution in [0.15, 0.2) is 0 Å².